The Kier molecular flexibility index (Phi) is 8.41. The Balaban J connectivity index is 1.63. The molecule has 1 heterocycles. The number of halogens is 6. The molecule has 7 nitrogen and oxygen atoms in total. The van der Waals surface area contributed by atoms with Crippen molar-refractivity contribution in [3.8, 4) is 11.5 Å². The van der Waals surface area contributed by atoms with Crippen LogP contribution in [0.1, 0.15) is 39.9 Å². The predicted octanol–water partition coefficient (Wildman–Crippen LogP) is 6.72. The molecule has 0 aliphatic carbocycles. The number of nitrogens with zero attached hydrogens (tertiary/aromatic N) is 1. The number of amides is 2. The minimum atomic E-state index is -5.13. The van der Waals surface area contributed by atoms with Crippen LogP contribution in [0.25, 0.3) is 10.9 Å². The van der Waals surface area contributed by atoms with Gasteiger partial charge in [0.25, 0.3) is 5.91 Å². The van der Waals surface area contributed by atoms with Gasteiger partial charge in [-0.15, -0.1) is 0 Å². The fraction of sp³-hybridized carbons (Fsp3) is 0.241. The van der Waals surface area contributed by atoms with E-state index < -0.39 is 52.6 Å². The van der Waals surface area contributed by atoms with Crippen LogP contribution in [-0.4, -0.2) is 45.0 Å². The molecule has 2 amide bonds. The summed E-state index contributed by atoms with van der Waals surface area (Å²) in [4.78, 5) is 30.2. The molecule has 1 aromatic heterocycles. The van der Waals surface area contributed by atoms with Crippen molar-refractivity contribution in [2.75, 3.05) is 12.4 Å². The zero-order valence-electron chi connectivity index (χ0n) is 22.0. The first-order valence-corrected chi connectivity index (χ1v) is 12.6. The summed E-state index contributed by atoms with van der Waals surface area (Å²) in [6, 6.07) is 10.6. The van der Waals surface area contributed by atoms with Crippen LogP contribution < -0.4 is 5.32 Å². The number of anilines is 1. The lowest BCUT2D eigenvalue weighted by Gasteiger charge is -2.29. The smallest absolute Gasteiger partial charge is 0.416 e. The maximum atomic E-state index is 13.4. The van der Waals surface area contributed by atoms with Crippen LogP contribution in [-0.2, 0) is 23.6 Å². The zero-order chi connectivity index (χ0) is 30.8. The van der Waals surface area contributed by atoms with Crippen molar-refractivity contribution in [3.05, 3.63) is 89.1 Å². The number of carbonyl (C=O) groups excluding carboxylic acids is 2. The number of rotatable bonds is 8. The third-order valence-corrected chi connectivity index (χ3v) is 6.79. The molecule has 4 rings (SSSR count). The maximum absolute atomic E-state index is 13.4. The van der Waals surface area contributed by atoms with E-state index in [4.69, 9.17) is 0 Å². The minimum Gasteiger partial charge on any atom is -0.508 e. The van der Waals surface area contributed by atoms with E-state index >= 15 is 0 Å². The summed E-state index contributed by atoms with van der Waals surface area (Å²) in [5.41, 5.74) is -2.54. The van der Waals surface area contributed by atoms with E-state index in [2.05, 4.69) is 10.3 Å². The van der Waals surface area contributed by atoms with Crippen molar-refractivity contribution in [3.63, 3.8) is 0 Å². The fourth-order valence-corrected chi connectivity index (χ4v) is 4.57. The molecule has 1 unspecified atom stereocenters. The van der Waals surface area contributed by atoms with Crippen molar-refractivity contribution >= 4 is 28.4 Å². The van der Waals surface area contributed by atoms with Gasteiger partial charge in [-0.1, -0.05) is 18.2 Å². The van der Waals surface area contributed by atoms with Crippen molar-refractivity contribution in [1.82, 2.24) is 9.88 Å². The van der Waals surface area contributed by atoms with Gasteiger partial charge < -0.3 is 25.4 Å². The second-order valence-corrected chi connectivity index (χ2v) is 9.72. The molecule has 1 atom stereocenters. The number of fused-ring (bicyclic) bond motifs is 1. The number of aromatic nitrogens is 1. The summed E-state index contributed by atoms with van der Waals surface area (Å²) < 4.78 is 80.6. The first-order valence-electron chi connectivity index (χ1n) is 12.6. The standard InChI is InChI=1S/C29H25F6N3O4/c1-38(27(42)16-10-18(28(30,31)32)13-19(11-16)29(33,34)35)20(12-17-15-36-23-5-3-2-4-22(17)23)6-9-26(41)37-24-8-7-21(39)14-25(24)40/h2-5,7-8,10-11,13-15,20,36,39-40H,6,9,12H2,1H3,(H,37,41). The van der Waals surface area contributed by atoms with Crippen LogP contribution in [0, 0.1) is 0 Å². The van der Waals surface area contributed by atoms with E-state index in [0.29, 0.717) is 17.7 Å². The Morgan fingerprint density at radius 3 is 2.19 bits per heavy atom. The summed E-state index contributed by atoms with van der Waals surface area (Å²) in [5, 5.41) is 22.6. The van der Waals surface area contributed by atoms with Gasteiger partial charge >= 0.3 is 12.4 Å². The first kappa shape index (κ1) is 30.3. The number of likely N-dealkylation sites (N-methyl/N-ethyl adjacent to an activating group) is 1. The molecule has 0 fully saturated rings. The molecular formula is C29H25F6N3O4. The molecule has 4 aromatic rings. The van der Waals surface area contributed by atoms with E-state index in [1.807, 2.05) is 12.1 Å². The molecule has 0 radical (unpaired) electrons. The summed E-state index contributed by atoms with van der Waals surface area (Å²) in [5.74, 6) is -2.30. The Labute approximate surface area is 235 Å². The Morgan fingerprint density at radius 2 is 1.57 bits per heavy atom. The first-order chi connectivity index (χ1) is 19.6. The average molecular weight is 594 g/mol. The number of H-pyrrole nitrogens is 1. The number of hydrogen-bond acceptors (Lipinski definition) is 4. The van der Waals surface area contributed by atoms with Crippen molar-refractivity contribution < 1.29 is 46.1 Å². The fourth-order valence-electron chi connectivity index (χ4n) is 4.57. The van der Waals surface area contributed by atoms with Crippen LogP contribution in [0.3, 0.4) is 0 Å². The van der Waals surface area contributed by atoms with Crippen LogP contribution >= 0.6 is 0 Å². The SMILES string of the molecule is CN(C(=O)c1cc(C(F)(F)F)cc(C(F)(F)F)c1)C(CCC(=O)Nc1ccc(O)cc1O)Cc1c[nH]c2ccccc12. The number of benzene rings is 3. The molecule has 3 aromatic carbocycles. The number of alkyl halides is 6. The van der Waals surface area contributed by atoms with Gasteiger partial charge in [0.2, 0.25) is 5.91 Å². The monoisotopic (exact) mass is 593 g/mol. The number of aromatic hydroxyl groups is 2. The molecule has 13 heteroatoms. The van der Waals surface area contributed by atoms with E-state index in [-0.39, 0.29) is 36.8 Å². The summed E-state index contributed by atoms with van der Waals surface area (Å²) in [6.45, 7) is 0. The summed E-state index contributed by atoms with van der Waals surface area (Å²) in [7, 11) is 1.25. The van der Waals surface area contributed by atoms with Gasteiger partial charge in [0.05, 0.1) is 16.8 Å². The molecule has 222 valence electrons. The molecule has 0 saturated carbocycles. The molecule has 0 spiro atoms. The lowest BCUT2D eigenvalue weighted by molar-refractivity contribution is -0.143. The lowest BCUT2D eigenvalue weighted by Crippen LogP contribution is -2.39. The van der Waals surface area contributed by atoms with Crippen molar-refractivity contribution in [2.45, 2.75) is 37.7 Å². The number of nitrogens with one attached hydrogen (secondary N) is 2. The van der Waals surface area contributed by atoms with Crippen molar-refractivity contribution in [2.24, 2.45) is 0 Å². The average Bonchev–Trinajstić information content (AvgIpc) is 3.33. The van der Waals surface area contributed by atoms with Crippen LogP contribution in [0.15, 0.2) is 66.9 Å². The number of phenols is 2. The molecule has 0 aliphatic rings. The highest BCUT2D eigenvalue weighted by Crippen LogP contribution is 2.37. The second-order valence-electron chi connectivity index (χ2n) is 9.72. The Morgan fingerprint density at radius 1 is 0.929 bits per heavy atom. The van der Waals surface area contributed by atoms with Gasteiger partial charge in [-0.25, -0.2) is 0 Å². The summed E-state index contributed by atoms with van der Waals surface area (Å²) in [6.07, 6.45) is -8.71. The third-order valence-electron chi connectivity index (χ3n) is 6.79. The highest BCUT2D eigenvalue weighted by atomic mass is 19.4. The van der Waals surface area contributed by atoms with Gasteiger partial charge in [0.15, 0.2) is 0 Å². The van der Waals surface area contributed by atoms with E-state index in [9.17, 15) is 46.1 Å². The normalized spacial score (nSPS) is 12.7. The van der Waals surface area contributed by atoms with Crippen LogP contribution in [0.4, 0.5) is 32.0 Å². The maximum Gasteiger partial charge on any atom is 0.416 e. The topological polar surface area (TPSA) is 106 Å². The van der Waals surface area contributed by atoms with Crippen molar-refractivity contribution in [1.29, 1.82) is 0 Å². The third kappa shape index (κ3) is 6.96. The number of aromatic amines is 1. The molecule has 0 aliphatic heterocycles. The number of carbonyl (C=O) groups is 2. The lowest BCUT2D eigenvalue weighted by atomic mass is 9.98. The molecule has 0 saturated heterocycles. The zero-order valence-corrected chi connectivity index (χ0v) is 22.0. The molecule has 4 N–H and O–H groups in total. The minimum absolute atomic E-state index is 0.0130. The second kappa shape index (κ2) is 11.7. The predicted molar refractivity (Wildman–Crippen MR) is 142 cm³/mol. The number of phenolic OH excluding ortho intramolecular Hbond substituents is 2. The van der Waals surface area contributed by atoms with Gasteiger partial charge in [-0.2, -0.15) is 26.3 Å². The number of hydrogen-bond donors (Lipinski definition) is 4. The largest absolute Gasteiger partial charge is 0.508 e. The highest BCUT2D eigenvalue weighted by molar-refractivity contribution is 5.95. The van der Waals surface area contributed by atoms with Gasteiger partial charge in [-0.05, 0) is 54.8 Å². The summed E-state index contributed by atoms with van der Waals surface area (Å²) >= 11 is 0. The molecule has 42 heavy (non-hydrogen) atoms. The Hall–Kier alpha value is -4.68. The molecular weight excluding hydrogens is 568 g/mol. The number of para-hydroxylation sites is 1. The van der Waals surface area contributed by atoms with Crippen LogP contribution in [0.2, 0.25) is 0 Å². The van der Waals surface area contributed by atoms with Crippen LogP contribution in [0.5, 0.6) is 11.5 Å². The molecule has 0 bridgehead atoms. The van der Waals surface area contributed by atoms with Gasteiger partial charge in [-0.3, -0.25) is 9.59 Å². The van der Waals surface area contributed by atoms with E-state index in [0.717, 1.165) is 21.9 Å². The quantitative estimate of drug-likeness (QED) is 0.103. The Bertz CT molecular complexity index is 1580. The van der Waals surface area contributed by atoms with Gasteiger partial charge in [0.1, 0.15) is 11.5 Å². The van der Waals surface area contributed by atoms with E-state index in [1.165, 1.54) is 19.2 Å². The highest BCUT2D eigenvalue weighted by Gasteiger charge is 2.38. The van der Waals surface area contributed by atoms with Gasteiger partial charge in [0, 0.05) is 48.2 Å². The van der Waals surface area contributed by atoms with E-state index in [1.54, 1.807) is 18.3 Å².